The first kappa shape index (κ1) is 17.4. The predicted molar refractivity (Wildman–Crippen MR) is 72.5 cm³/mol. The number of esters is 2. The molecule has 1 aliphatic heterocycles. The van der Waals surface area contributed by atoms with Crippen LogP contribution in [0.1, 0.15) is 6.92 Å². The molecule has 8 nitrogen and oxygen atoms in total. The molecule has 0 saturated carbocycles. The zero-order valence-electron chi connectivity index (χ0n) is 12.7. The highest BCUT2D eigenvalue weighted by Gasteiger charge is 2.25. The van der Waals surface area contributed by atoms with Crippen LogP contribution in [0.15, 0.2) is 0 Å². The van der Waals surface area contributed by atoms with E-state index in [-0.39, 0.29) is 31.6 Å². The van der Waals surface area contributed by atoms with E-state index in [0.717, 1.165) is 0 Å². The fourth-order valence-electron chi connectivity index (χ4n) is 2.00. The van der Waals surface area contributed by atoms with Gasteiger partial charge in [0.15, 0.2) is 0 Å². The molecule has 0 aliphatic carbocycles. The first-order valence-electron chi connectivity index (χ1n) is 6.71. The summed E-state index contributed by atoms with van der Waals surface area (Å²) in [5, 5.41) is 0. The van der Waals surface area contributed by atoms with Crippen LogP contribution in [0, 0.1) is 0 Å². The molecule has 0 radical (unpaired) electrons. The SMILES string of the molecule is COC(=O)CN(CC(=O)OC)CC(=O)N1CCOC(C)C1. The van der Waals surface area contributed by atoms with Gasteiger partial charge in [0.2, 0.25) is 5.91 Å². The third-order valence-electron chi connectivity index (χ3n) is 3.11. The Bertz CT molecular complexity index is 369. The maximum atomic E-state index is 12.2. The number of ether oxygens (including phenoxy) is 3. The second kappa shape index (κ2) is 8.58. The molecule has 1 rings (SSSR count). The van der Waals surface area contributed by atoms with Gasteiger partial charge in [0, 0.05) is 13.1 Å². The molecule has 1 aliphatic rings. The number of hydrogen-bond donors (Lipinski definition) is 0. The summed E-state index contributed by atoms with van der Waals surface area (Å²) in [5.74, 6) is -1.18. The lowest BCUT2D eigenvalue weighted by molar-refractivity contribution is -0.148. The van der Waals surface area contributed by atoms with Crippen LogP contribution in [-0.4, -0.2) is 87.3 Å². The topological polar surface area (TPSA) is 85.4 Å². The van der Waals surface area contributed by atoms with Crippen molar-refractivity contribution in [1.29, 1.82) is 0 Å². The van der Waals surface area contributed by atoms with Gasteiger partial charge in [-0.15, -0.1) is 0 Å². The fraction of sp³-hybridized carbons (Fsp3) is 0.769. The van der Waals surface area contributed by atoms with E-state index >= 15 is 0 Å². The van der Waals surface area contributed by atoms with Crippen molar-refractivity contribution in [3.05, 3.63) is 0 Å². The quantitative estimate of drug-likeness (QED) is 0.575. The summed E-state index contributed by atoms with van der Waals surface area (Å²) in [6, 6.07) is 0. The van der Waals surface area contributed by atoms with Crippen molar-refractivity contribution in [1.82, 2.24) is 9.80 Å². The van der Waals surface area contributed by atoms with Crippen LogP contribution in [0.5, 0.6) is 0 Å². The molecule has 1 fully saturated rings. The van der Waals surface area contributed by atoms with Crippen LogP contribution in [0.25, 0.3) is 0 Å². The van der Waals surface area contributed by atoms with E-state index in [9.17, 15) is 14.4 Å². The zero-order chi connectivity index (χ0) is 15.8. The van der Waals surface area contributed by atoms with Gasteiger partial charge in [0.1, 0.15) is 0 Å². The lowest BCUT2D eigenvalue weighted by Crippen LogP contribution is -2.49. The number of methoxy groups -OCH3 is 2. The summed E-state index contributed by atoms with van der Waals surface area (Å²) in [4.78, 5) is 38.0. The Morgan fingerprint density at radius 2 is 1.71 bits per heavy atom. The summed E-state index contributed by atoms with van der Waals surface area (Å²) < 4.78 is 14.5. The standard InChI is InChI=1S/C13H22N2O6/c1-10-6-15(4-5-21-10)11(16)7-14(8-12(17)19-2)9-13(18)20-3/h10H,4-9H2,1-3H3. The zero-order valence-corrected chi connectivity index (χ0v) is 12.7. The van der Waals surface area contributed by atoms with Crippen LogP contribution < -0.4 is 0 Å². The van der Waals surface area contributed by atoms with Crippen LogP contribution in [0.4, 0.5) is 0 Å². The Kier molecular flexibility index (Phi) is 7.10. The molecule has 1 amide bonds. The molecule has 0 bridgehead atoms. The van der Waals surface area contributed by atoms with Crippen molar-refractivity contribution in [2.75, 3.05) is 53.6 Å². The first-order chi connectivity index (χ1) is 9.96. The minimum atomic E-state index is -0.512. The highest BCUT2D eigenvalue weighted by atomic mass is 16.5. The molecule has 0 spiro atoms. The van der Waals surface area contributed by atoms with Crippen LogP contribution in [-0.2, 0) is 28.6 Å². The molecule has 1 unspecified atom stereocenters. The minimum absolute atomic E-state index is 0.0163. The fourth-order valence-corrected chi connectivity index (χ4v) is 2.00. The van der Waals surface area contributed by atoms with Crippen molar-refractivity contribution in [2.45, 2.75) is 13.0 Å². The summed E-state index contributed by atoms with van der Waals surface area (Å²) >= 11 is 0. The van der Waals surface area contributed by atoms with E-state index in [1.807, 2.05) is 6.92 Å². The Morgan fingerprint density at radius 3 is 2.19 bits per heavy atom. The van der Waals surface area contributed by atoms with Gasteiger partial charge in [-0.3, -0.25) is 19.3 Å². The molecule has 0 aromatic rings. The van der Waals surface area contributed by atoms with Gasteiger partial charge in [-0.1, -0.05) is 0 Å². The Hall–Kier alpha value is -1.67. The number of nitrogens with zero attached hydrogens (tertiary/aromatic N) is 2. The van der Waals surface area contributed by atoms with Crippen LogP contribution in [0.2, 0.25) is 0 Å². The van der Waals surface area contributed by atoms with Crippen molar-refractivity contribution in [2.24, 2.45) is 0 Å². The van der Waals surface area contributed by atoms with Gasteiger partial charge in [0.25, 0.3) is 0 Å². The van der Waals surface area contributed by atoms with Gasteiger partial charge in [-0.25, -0.2) is 0 Å². The second-order valence-corrected chi connectivity index (χ2v) is 4.82. The molecule has 0 aromatic heterocycles. The third-order valence-corrected chi connectivity index (χ3v) is 3.11. The molecule has 8 heteroatoms. The normalized spacial score (nSPS) is 18.5. The van der Waals surface area contributed by atoms with Gasteiger partial charge in [0.05, 0.1) is 46.6 Å². The van der Waals surface area contributed by atoms with E-state index in [1.54, 1.807) is 4.90 Å². The molecule has 120 valence electrons. The van der Waals surface area contributed by atoms with Crippen molar-refractivity contribution >= 4 is 17.8 Å². The Labute approximate surface area is 123 Å². The average Bonchev–Trinajstić information content (AvgIpc) is 2.46. The number of rotatable bonds is 6. The summed E-state index contributed by atoms with van der Waals surface area (Å²) in [5.41, 5.74) is 0. The van der Waals surface area contributed by atoms with Crippen molar-refractivity contribution in [3.63, 3.8) is 0 Å². The number of morpholine rings is 1. The number of carbonyl (C=O) groups is 3. The van der Waals surface area contributed by atoms with E-state index in [4.69, 9.17) is 4.74 Å². The molecule has 1 atom stereocenters. The first-order valence-corrected chi connectivity index (χ1v) is 6.71. The van der Waals surface area contributed by atoms with E-state index in [2.05, 4.69) is 9.47 Å². The molecule has 0 aromatic carbocycles. The van der Waals surface area contributed by atoms with Gasteiger partial charge in [-0.2, -0.15) is 0 Å². The Morgan fingerprint density at radius 1 is 1.14 bits per heavy atom. The molecule has 0 N–H and O–H groups in total. The van der Waals surface area contributed by atoms with E-state index in [0.29, 0.717) is 19.7 Å². The highest BCUT2D eigenvalue weighted by molar-refractivity contribution is 5.81. The lowest BCUT2D eigenvalue weighted by atomic mass is 10.3. The second-order valence-electron chi connectivity index (χ2n) is 4.82. The number of hydrogen-bond acceptors (Lipinski definition) is 7. The monoisotopic (exact) mass is 302 g/mol. The van der Waals surface area contributed by atoms with E-state index < -0.39 is 11.9 Å². The third kappa shape index (κ3) is 6.09. The molecule has 1 heterocycles. The summed E-state index contributed by atoms with van der Waals surface area (Å²) in [7, 11) is 2.51. The Balaban J connectivity index is 2.58. The minimum Gasteiger partial charge on any atom is -0.468 e. The van der Waals surface area contributed by atoms with Gasteiger partial charge < -0.3 is 19.1 Å². The maximum absolute atomic E-state index is 12.2. The van der Waals surface area contributed by atoms with Crippen LogP contribution in [0.3, 0.4) is 0 Å². The lowest BCUT2D eigenvalue weighted by Gasteiger charge is -2.32. The largest absolute Gasteiger partial charge is 0.468 e. The number of carbonyl (C=O) groups excluding carboxylic acids is 3. The van der Waals surface area contributed by atoms with E-state index in [1.165, 1.54) is 19.1 Å². The van der Waals surface area contributed by atoms with Gasteiger partial charge in [-0.05, 0) is 6.92 Å². The summed E-state index contributed by atoms with van der Waals surface area (Å²) in [6.07, 6.45) is -0.0163. The summed E-state index contributed by atoms with van der Waals surface area (Å²) in [6.45, 7) is 3.06. The van der Waals surface area contributed by atoms with Gasteiger partial charge >= 0.3 is 11.9 Å². The predicted octanol–water partition coefficient (Wildman–Crippen LogP) is -1.12. The molecule has 21 heavy (non-hydrogen) atoms. The smallest absolute Gasteiger partial charge is 0.319 e. The van der Waals surface area contributed by atoms with Crippen molar-refractivity contribution in [3.8, 4) is 0 Å². The maximum Gasteiger partial charge on any atom is 0.319 e. The van der Waals surface area contributed by atoms with Crippen LogP contribution >= 0.6 is 0 Å². The average molecular weight is 302 g/mol. The molecular formula is C13H22N2O6. The van der Waals surface area contributed by atoms with Crippen molar-refractivity contribution < 1.29 is 28.6 Å². The number of amides is 1. The highest BCUT2D eigenvalue weighted by Crippen LogP contribution is 2.05. The molecule has 1 saturated heterocycles. The molecular weight excluding hydrogens is 280 g/mol.